The fourth-order valence-corrected chi connectivity index (χ4v) is 4.80. The Balaban J connectivity index is 1.43. The van der Waals surface area contributed by atoms with Gasteiger partial charge in [-0.2, -0.15) is 0 Å². The van der Waals surface area contributed by atoms with Gasteiger partial charge in [-0.05, 0) is 38.0 Å². The van der Waals surface area contributed by atoms with Crippen LogP contribution in [0.1, 0.15) is 39.0 Å². The van der Waals surface area contributed by atoms with E-state index in [4.69, 9.17) is 4.74 Å². The normalized spacial score (nSPS) is 20.9. The number of likely N-dealkylation sites (tertiary alicyclic amines) is 1. The van der Waals surface area contributed by atoms with Gasteiger partial charge in [0.2, 0.25) is 11.8 Å². The molecule has 6 nitrogen and oxygen atoms in total. The third kappa shape index (κ3) is 3.40. The van der Waals surface area contributed by atoms with E-state index in [-0.39, 0.29) is 17.7 Å². The second-order valence-electron chi connectivity index (χ2n) is 6.96. The van der Waals surface area contributed by atoms with Gasteiger partial charge in [-0.25, -0.2) is 4.98 Å². The highest BCUT2D eigenvalue weighted by molar-refractivity contribution is 7.22. The lowest BCUT2D eigenvalue weighted by molar-refractivity contribution is -0.129. The van der Waals surface area contributed by atoms with Crippen molar-refractivity contribution in [2.24, 2.45) is 5.92 Å². The number of anilines is 1. The molecule has 0 spiro atoms. The SMILES string of the molecule is CCOc1ccc2nc(NC(=O)[C@@H]3CC(=O)N(C4CCCC4)C3)sc2c1. The molecule has 26 heavy (non-hydrogen) atoms. The summed E-state index contributed by atoms with van der Waals surface area (Å²) in [5, 5.41) is 3.48. The molecular formula is C19H23N3O3S. The second kappa shape index (κ2) is 7.23. The van der Waals surface area contributed by atoms with E-state index >= 15 is 0 Å². The summed E-state index contributed by atoms with van der Waals surface area (Å²) < 4.78 is 6.48. The van der Waals surface area contributed by atoms with Crippen LogP contribution >= 0.6 is 11.3 Å². The molecule has 1 aliphatic heterocycles. The minimum absolute atomic E-state index is 0.108. The summed E-state index contributed by atoms with van der Waals surface area (Å²) >= 11 is 1.43. The summed E-state index contributed by atoms with van der Waals surface area (Å²) in [4.78, 5) is 31.3. The maximum Gasteiger partial charge on any atom is 0.231 e. The highest BCUT2D eigenvalue weighted by atomic mass is 32.1. The summed E-state index contributed by atoms with van der Waals surface area (Å²) in [5.41, 5.74) is 0.837. The van der Waals surface area contributed by atoms with Gasteiger partial charge in [-0.1, -0.05) is 24.2 Å². The van der Waals surface area contributed by atoms with Gasteiger partial charge in [0.25, 0.3) is 0 Å². The van der Waals surface area contributed by atoms with Crippen LogP contribution in [0.4, 0.5) is 5.13 Å². The van der Waals surface area contributed by atoms with Gasteiger partial charge in [-0.15, -0.1) is 0 Å². The van der Waals surface area contributed by atoms with E-state index in [1.165, 1.54) is 24.2 Å². The number of nitrogens with one attached hydrogen (secondary N) is 1. The van der Waals surface area contributed by atoms with E-state index in [2.05, 4.69) is 10.3 Å². The minimum Gasteiger partial charge on any atom is -0.494 e. The van der Waals surface area contributed by atoms with Crippen molar-refractivity contribution in [2.75, 3.05) is 18.5 Å². The highest BCUT2D eigenvalue weighted by Crippen LogP contribution is 2.32. The van der Waals surface area contributed by atoms with E-state index < -0.39 is 0 Å². The Labute approximate surface area is 156 Å². The molecule has 1 aliphatic carbocycles. The van der Waals surface area contributed by atoms with Crippen molar-refractivity contribution in [3.8, 4) is 5.75 Å². The molecule has 2 heterocycles. The Morgan fingerprint density at radius 3 is 2.96 bits per heavy atom. The lowest BCUT2D eigenvalue weighted by atomic mass is 10.1. The van der Waals surface area contributed by atoms with Crippen LogP contribution in [0.25, 0.3) is 10.2 Å². The number of benzene rings is 1. The molecule has 0 bridgehead atoms. The van der Waals surface area contributed by atoms with E-state index in [0.717, 1.165) is 28.8 Å². The number of thiazole rings is 1. The predicted molar refractivity (Wildman–Crippen MR) is 101 cm³/mol. The Hall–Kier alpha value is -2.15. The van der Waals surface area contributed by atoms with Crippen LogP contribution in [0.2, 0.25) is 0 Å². The molecule has 2 aliphatic rings. The molecule has 0 unspecified atom stereocenters. The van der Waals surface area contributed by atoms with Crippen LogP contribution in [0.5, 0.6) is 5.75 Å². The molecule has 2 amide bonds. The molecular weight excluding hydrogens is 350 g/mol. The maximum atomic E-state index is 12.6. The van der Waals surface area contributed by atoms with Crippen LogP contribution in [-0.4, -0.2) is 40.9 Å². The van der Waals surface area contributed by atoms with Crippen LogP contribution in [0.15, 0.2) is 18.2 Å². The third-order valence-corrected chi connectivity index (χ3v) is 6.13. The lowest BCUT2D eigenvalue weighted by Gasteiger charge is -2.23. The Morgan fingerprint density at radius 2 is 2.19 bits per heavy atom. The molecule has 1 aromatic heterocycles. The molecule has 7 heteroatoms. The lowest BCUT2D eigenvalue weighted by Crippen LogP contribution is -2.35. The number of fused-ring (bicyclic) bond motifs is 1. The number of carbonyl (C=O) groups excluding carboxylic acids is 2. The van der Waals surface area contributed by atoms with Crippen LogP contribution in [0.3, 0.4) is 0 Å². The van der Waals surface area contributed by atoms with Gasteiger partial charge in [0.15, 0.2) is 5.13 Å². The number of aromatic nitrogens is 1. The first-order valence-corrected chi connectivity index (χ1v) is 10.1. The topological polar surface area (TPSA) is 71.5 Å². The van der Waals surface area contributed by atoms with Gasteiger partial charge >= 0.3 is 0 Å². The molecule has 2 fully saturated rings. The first-order valence-electron chi connectivity index (χ1n) is 9.27. The molecule has 1 saturated carbocycles. The zero-order valence-electron chi connectivity index (χ0n) is 14.9. The molecule has 0 radical (unpaired) electrons. The zero-order chi connectivity index (χ0) is 18.1. The fourth-order valence-electron chi connectivity index (χ4n) is 3.90. The van der Waals surface area contributed by atoms with E-state index in [9.17, 15) is 9.59 Å². The predicted octanol–water partition coefficient (Wildman–Crippen LogP) is 3.42. The zero-order valence-corrected chi connectivity index (χ0v) is 15.7. The molecule has 138 valence electrons. The monoisotopic (exact) mass is 373 g/mol. The van der Waals surface area contributed by atoms with Crippen molar-refractivity contribution in [2.45, 2.75) is 45.1 Å². The smallest absolute Gasteiger partial charge is 0.231 e. The summed E-state index contributed by atoms with van der Waals surface area (Å²) in [6, 6.07) is 6.05. The summed E-state index contributed by atoms with van der Waals surface area (Å²) in [5.74, 6) is 0.523. The number of carbonyl (C=O) groups is 2. The van der Waals surface area contributed by atoms with Crippen molar-refractivity contribution < 1.29 is 14.3 Å². The van der Waals surface area contributed by atoms with Crippen molar-refractivity contribution >= 4 is 38.5 Å². The first kappa shape index (κ1) is 17.3. The molecule has 2 aromatic rings. The molecule has 1 atom stereocenters. The average molecular weight is 373 g/mol. The Morgan fingerprint density at radius 1 is 1.38 bits per heavy atom. The van der Waals surface area contributed by atoms with Crippen LogP contribution < -0.4 is 10.1 Å². The van der Waals surface area contributed by atoms with Crippen molar-refractivity contribution in [3.63, 3.8) is 0 Å². The highest BCUT2D eigenvalue weighted by Gasteiger charge is 2.38. The molecule has 4 rings (SSSR count). The third-order valence-electron chi connectivity index (χ3n) is 5.20. The number of rotatable bonds is 5. The van der Waals surface area contributed by atoms with Crippen LogP contribution in [0, 0.1) is 5.92 Å². The van der Waals surface area contributed by atoms with Crippen LogP contribution in [-0.2, 0) is 9.59 Å². The standard InChI is InChI=1S/C19H23N3O3S/c1-2-25-14-7-8-15-16(10-14)26-19(20-15)21-18(24)12-9-17(23)22(11-12)13-5-3-4-6-13/h7-8,10,12-13H,2-6,9,11H2,1H3,(H,20,21,24)/t12-/m1/s1. The molecule has 1 N–H and O–H groups in total. The second-order valence-corrected chi connectivity index (χ2v) is 7.99. The van der Waals surface area contributed by atoms with Crippen molar-refractivity contribution in [1.29, 1.82) is 0 Å². The summed E-state index contributed by atoms with van der Waals surface area (Å²) in [7, 11) is 0. The van der Waals surface area contributed by atoms with Crippen molar-refractivity contribution in [1.82, 2.24) is 9.88 Å². The number of hydrogen-bond donors (Lipinski definition) is 1. The fraction of sp³-hybridized carbons (Fsp3) is 0.526. The van der Waals surface area contributed by atoms with E-state index in [1.807, 2.05) is 30.0 Å². The molecule has 1 aromatic carbocycles. The summed E-state index contributed by atoms with van der Waals surface area (Å²) in [6.07, 6.45) is 4.81. The number of nitrogens with zero attached hydrogens (tertiary/aromatic N) is 2. The van der Waals surface area contributed by atoms with Gasteiger partial charge in [0.1, 0.15) is 5.75 Å². The van der Waals surface area contributed by atoms with Gasteiger partial charge in [0.05, 0.1) is 22.7 Å². The van der Waals surface area contributed by atoms with Crippen molar-refractivity contribution in [3.05, 3.63) is 18.2 Å². The van der Waals surface area contributed by atoms with Gasteiger partial charge in [0, 0.05) is 19.0 Å². The Bertz CT molecular complexity index is 829. The summed E-state index contributed by atoms with van der Waals surface area (Å²) in [6.45, 7) is 3.09. The Kier molecular flexibility index (Phi) is 4.80. The average Bonchev–Trinajstić information content (AvgIpc) is 3.33. The maximum absolute atomic E-state index is 12.6. The molecule has 1 saturated heterocycles. The van der Waals surface area contributed by atoms with Gasteiger partial charge < -0.3 is 15.0 Å². The number of amides is 2. The quantitative estimate of drug-likeness (QED) is 0.872. The largest absolute Gasteiger partial charge is 0.494 e. The van der Waals surface area contributed by atoms with Gasteiger partial charge in [-0.3, -0.25) is 9.59 Å². The van der Waals surface area contributed by atoms with E-state index in [1.54, 1.807) is 0 Å². The minimum atomic E-state index is -0.283. The number of ether oxygens (including phenoxy) is 1. The first-order chi connectivity index (χ1) is 12.6. The number of hydrogen-bond acceptors (Lipinski definition) is 5. The van der Waals surface area contributed by atoms with E-state index in [0.29, 0.717) is 30.7 Å².